The van der Waals surface area contributed by atoms with Gasteiger partial charge in [0.1, 0.15) is 16.7 Å². The van der Waals surface area contributed by atoms with Crippen molar-refractivity contribution in [3.8, 4) is 5.75 Å². The Morgan fingerprint density at radius 1 is 1.21 bits per heavy atom. The average Bonchev–Trinajstić information content (AvgIpc) is 3.06. The van der Waals surface area contributed by atoms with Gasteiger partial charge in [-0.3, -0.25) is 4.79 Å². The number of carboxylic acid groups (broad SMARTS) is 1. The third-order valence-electron chi connectivity index (χ3n) is 5.61. The molecular weight excluding hydrogens is 392 g/mol. The summed E-state index contributed by atoms with van der Waals surface area (Å²) < 4.78 is 33.4. The van der Waals surface area contributed by atoms with Crippen molar-refractivity contribution in [1.29, 1.82) is 0 Å². The standard InChI is InChI=1S/C21H22N2O5S/c1-12-8-19(28-3)20(9-13(12)2)29(26,27)23-11-17-15(10-18(23)21(24)25)14-6-4-5-7-16(14)22-17/h4-9,18,22H,10-11H2,1-3H3,(H,24,25). The Bertz CT molecular complexity index is 1230. The second-order valence-electron chi connectivity index (χ2n) is 7.32. The van der Waals surface area contributed by atoms with Gasteiger partial charge in [-0.25, -0.2) is 8.42 Å². The zero-order chi connectivity index (χ0) is 20.9. The molecule has 2 N–H and O–H groups in total. The lowest BCUT2D eigenvalue weighted by Gasteiger charge is -2.32. The third-order valence-corrected chi connectivity index (χ3v) is 7.49. The van der Waals surface area contributed by atoms with Crippen LogP contribution in [0.2, 0.25) is 0 Å². The number of hydrogen-bond acceptors (Lipinski definition) is 4. The minimum atomic E-state index is -4.11. The highest BCUT2D eigenvalue weighted by Crippen LogP contribution is 2.36. The van der Waals surface area contributed by atoms with Gasteiger partial charge in [-0.1, -0.05) is 18.2 Å². The Hall–Kier alpha value is -2.84. The summed E-state index contributed by atoms with van der Waals surface area (Å²) in [5.74, 6) is -0.966. The molecule has 0 amide bonds. The summed E-state index contributed by atoms with van der Waals surface area (Å²) >= 11 is 0. The molecule has 1 atom stereocenters. The fourth-order valence-electron chi connectivity index (χ4n) is 3.90. The third kappa shape index (κ3) is 3.08. The molecule has 1 aliphatic rings. The van der Waals surface area contributed by atoms with E-state index in [-0.39, 0.29) is 23.6 Å². The van der Waals surface area contributed by atoms with Crippen molar-refractivity contribution in [2.75, 3.05) is 7.11 Å². The van der Waals surface area contributed by atoms with Gasteiger partial charge in [0.15, 0.2) is 0 Å². The zero-order valence-corrected chi connectivity index (χ0v) is 17.2. The van der Waals surface area contributed by atoms with Gasteiger partial charge in [0, 0.05) is 23.0 Å². The Kier molecular flexibility index (Phi) is 4.63. The highest BCUT2D eigenvalue weighted by atomic mass is 32.2. The molecule has 0 fully saturated rings. The van der Waals surface area contributed by atoms with E-state index in [0.717, 1.165) is 37.6 Å². The minimum Gasteiger partial charge on any atom is -0.495 e. The van der Waals surface area contributed by atoms with Crippen LogP contribution >= 0.6 is 0 Å². The molecule has 0 saturated heterocycles. The van der Waals surface area contributed by atoms with E-state index in [1.54, 1.807) is 12.1 Å². The number of aromatic nitrogens is 1. The number of carbonyl (C=O) groups is 1. The van der Waals surface area contributed by atoms with E-state index in [1.807, 2.05) is 38.1 Å². The maximum Gasteiger partial charge on any atom is 0.322 e. The first-order valence-corrected chi connectivity index (χ1v) is 10.7. The van der Waals surface area contributed by atoms with Crippen LogP contribution in [0, 0.1) is 13.8 Å². The van der Waals surface area contributed by atoms with E-state index in [4.69, 9.17) is 4.74 Å². The second-order valence-corrected chi connectivity index (χ2v) is 9.18. The predicted octanol–water partition coefficient (Wildman–Crippen LogP) is 2.99. The van der Waals surface area contributed by atoms with Gasteiger partial charge < -0.3 is 14.8 Å². The quantitative estimate of drug-likeness (QED) is 0.684. The summed E-state index contributed by atoms with van der Waals surface area (Å²) in [6, 6.07) is 9.59. The number of rotatable bonds is 4. The molecule has 0 aliphatic carbocycles. The lowest BCUT2D eigenvalue weighted by molar-refractivity contribution is -0.141. The fourth-order valence-corrected chi connectivity index (χ4v) is 5.67. The first-order valence-electron chi connectivity index (χ1n) is 9.22. The van der Waals surface area contributed by atoms with Crippen molar-refractivity contribution in [1.82, 2.24) is 9.29 Å². The number of carboxylic acids is 1. The van der Waals surface area contributed by atoms with Gasteiger partial charge in [-0.2, -0.15) is 4.31 Å². The number of nitrogens with one attached hydrogen (secondary N) is 1. The largest absolute Gasteiger partial charge is 0.495 e. The predicted molar refractivity (Wildman–Crippen MR) is 109 cm³/mol. The summed E-state index contributed by atoms with van der Waals surface area (Å²) in [5.41, 5.74) is 4.12. The molecule has 0 bridgehead atoms. The SMILES string of the molecule is COc1cc(C)c(C)cc1S(=O)(=O)N1Cc2[nH]c3ccccc3c2CC1C(=O)O. The Morgan fingerprint density at radius 3 is 2.59 bits per heavy atom. The van der Waals surface area contributed by atoms with Crippen molar-refractivity contribution < 1.29 is 23.1 Å². The summed E-state index contributed by atoms with van der Waals surface area (Å²) in [6.07, 6.45) is 0.0983. The fraction of sp³-hybridized carbons (Fsp3) is 0.286. The van der Waals surface area contributed by atoms with Gasteiger partial charge in [0.25, 0.3) is 0 Å². The molecule has 152 valence electrons. The zero-order valence-electron chi connectivity index (χ0n) is 16.4. The number of aliphatic carboxylic acids is 1. The number of aryl methyl sites for hydroxylation is 2. The Labute approximate surface area is 169 Å². The summed E-state index contributed by atoms with van der Waals surface area (Å²) in [5, 5.41) is 10.8. The lowest BCUT2D eigenvalue weighted by atomic mass is 9.99. The first-order chi connectivity index (χ1) is 13.7. The van der Waals surface area contributed by atoms with E-state index in [9.17, 15) is 18.3 Å². The molecule has 1 aromatic heterocycles. The molecule has 3 aromatic rings. The van der Waals surface area contributed by atoms with Gasteiger partial charge >= 0.3 is 5.97 Å². The monoisotopic (exact) mass is 414 g/mol. The molecule has 8 heteroatoms. The highest BCUT2D eigenvalue weighted by molar-refractivity contribution is 7.89. The highest BCUT2D eigenvalue weighted by Gasteiger charge is 2.42. The van der Waals surface area contributed by atoms with E-state index in [1.165, 1.54) is 7.11 Å². The second kappa shape index (κ2) is 6.89. The topological polar surface area (TPSA) is 99.7 Å². The number of para-hydroxylation sites is 1. The first kappa shape index (κ1) is 19.5. The Balaban J connectivity index is 1.87. The number of H-pyrrole nitrogens is 1. The Morgan fingerprint density at radius 2 is 1.90 bits per heavy atom. The number of sulfonamides is 1. The van der Waals surface area contributed by atoms with Crippen molar-refractivity contribution >= 4 is 26.9 Å². The maximum absolute atomic E-state index is 13.5. The van der Waals surface area contributed by atoms with E-state index in [0.29, 0.717) is 0 Å². The van der Waals surface area contributed by atoms with Crippen molar-refractivity contribution in [3.05, 3.63) is 58.8 Å². The summed E-state index contributed by atoms with van der Waals surface area (Å²) in [6.45, 7) is 3.64. The summed E-state index contributed by atoms with van der Waals surface area (Å²) in [4.78, 5) is 15.3. The molecule has 29 heavy (non-hydrogen) atoms. The van der Waals surface area contributed by atoms with E-state index < -0.39 is 22.0 Å². The smallest absolute Gasteiger partial charge is 0.322 e. The van der Waals surface area contributed by atoms with Crippen molar-refractivity contribution in [2.45, 2.75) is 37.8 Å². The van der Waals surface area contributed by atoms with Crippen molar-refractivity contribution in [3.63, 3.8) is 0 Å². The van der Waals surface area contributed by atoms with Crippen LogP contribution in [0.25, 0.3) is 10.9 Å². The van der Waals surface area contributed by atoms with Crippen molar-refractivity contribution in [2.24, 2.45) is 0 Å². The minimum absolute atomic E-state index is 0.0195. The number of ether oxygens (including phenoxy) is 1. The number of fused-ring (bicyclic) bond motifs is 3. The molecule has 0 spiro atoms. The molecule has 7 nitrogen and oxygen atoms in total. The van der Waals surface area contributed by atoms with Crippen LogP contribution < -0.4 is 4.74 Å². The molecule has 4 rings (SSSR count). The van der Waals surface area contributed by atoms with Gasteiger partial charge in [0.05, 0.1) is 13.7 Å². The normalized spacial score (nSPS) is 17.3. The van der Waals surface area contributed by atoms with Crippen LogP contribution in [0.4, 0.5) is 0 Å². The number of benzene rings is 2. The van der Waals surface area contributed by atoms with Crippen LogP contribution in [0.3, 0.4) is 0 Å². The maximum atomic E-state index is 13.5. The molecule has 2 aromatic carbocycles. The molecule has 0 radical (unpaired) electrons. The van der Waals surface area contributed by atoms with Crippen LogP contribution in [-0.4, -0.2) is 41.9 Å². The lowest BCUT2D eigenvalue weighted by Crippen LogP contribution is -2.48. The van der Waals surface area contributed by atoms with E-state index in [2.05, 4.69) is 4.98 Å². The number of aromatic amines is 1. The number of hydrogen-bond donors (Lipinski definition) is 2. The molecule has 0 saturated carbocycles. The summed E-state index contributed by atoms with van der Waals surface area (Å²) in [7, 11) is -2.70. The molecule has 1 unspecified atom stereocenters. The van der Waals surface area contributed by atoms with Crippen LogP contribution in [0.5, 0.6) is 5.75 Å². The van der Waals surface area contributed by atoms with Gasteiger partial charge in [0.2, 0.25) is 10.0 Å². The van der Waals surface area contributed by atoms with Crippen LogP contribution in [0.1, 0.15) is 22.4 Å². The molecule has 2 heterocycles. The molecule has 1 aliphatic heterocycles. The number of nitrogens with zero attached hydrogens (tertiary/aromatic N) is 1. The van der Waals surface area contributed by atoms with Gasteiger partial charge in [-0.05, 0) is 48.7 Å². The van der Waals surface area contributed by atoms with Gasteiger partial charge in [-0.15, -0.1) is 0 Å². The average molecular weight is 414 g/mol. The van der Waals surface area contributed by atoms with Crippen LogP contribution in [-0.2, 0) is 27.8 Å². The van der Waals surface area contributed by atoms with E-state index >= 15 is 0 Å². The molecular formula is C21H22N2O5S. The number of methoxy groups -OCH3 is 1. The van der Waals surface area contributed by atoms with Crippen LogP contribution in [0.15, 0.2) is 41.3 Å².